The van der Waals surface area contributed by atoms with Crippen molar-refractivity contribution in [1.29, 1.82) is 0 Å². The summed E-state index contributed by atoms with van der Waals surface area (Å²) in [5, 5.41) is 4.41. The lowest BCUT2D eigenvalue weighted by atomic mass is 10.0. The molecule has 0 saturated heterocycles. The van der Waals surface area contributed by atoms with Gasteiger partial charge in [-0.15, -0.1) is 0 Å². The van der Waals surface area contributed by atoms with Gasteiger partial charge in [0.25, 0.3) is 0 Å². The minimum atomic E-state index is -0.274. The normalized spacial score (nSPS) is 14.6. The fourth-order valence-electron chi connectivity index (χ4n) is 2.14. The molecule has 0 unspecified atom stereocenters. The van der Waals surface area contributed by atoms with Crippen molar-refractivity contribution in [2.24, 2.45) is 0 Å². The van der Waals surface area contributed by atoms with Crippen LogP contribution in [0, 0.1) is 5.82 Å². The van der Waals surface area contributed by atoms with Crippen LogP contribution in [0.1, 0.15) is 18.4 Å². The lowest BCUT2D eigenvalue weighted by Crippen LogP contribution is -2.15. The van der Waals surface area contributed by atoms with Gasteiger partial charge >= 0.3 is 0 Å². The maximum Gasteiger partial charge on any atom is 0.131 e. The number of rotatable bonds is 4. The van der Waals surface area contributed by atoms with Crippen LogP contribution in [-0.2, 0) is 6.54 Å². The number of benzene rings is 2. The highest BCUT2D eigenvalue weighted by molar-refractivity contribution is 6.35. The van der Waals surface area contributed by atoms with E-state index in [1.54, 1.807) is 30.3 Å². The summed E-state index contributed by atoms with van der Waals surface area (Å²) in [7, 11) is 0. The monoisotopic (exact) mass is 309 g/mol. The Balaban J connectivity index is 1.87. The first-order chi connectivity index (χ1) is 9.63. The molecule has 0 atom stereocenters. The molecule has 2 aromatic carbocycles. The van der Waals surface area contributed by atoms with Crippen molar-refractivity contribution >= 4 is 23.2 Å². The molecule has 0 heterocycles. The van der Waals surface area contributed by atoms with Crippen molar-refractivity contribution in [2.45, 2.75) is 25.4 Å². The summed E-state index contributed by atoms with van der Waals surface area (Å²) in [6.45, 7) is 0.700. The van der Waals surface area contributed by atoms with E-state index in [9.17, 15) is 4.39 Å². The second-order valence-electron chi connectivity index (χ2n) is 5.09. The van der Waals surface area contributed by atoms with E-state index in [1.165, 1.54) is 12.8 Å². The molecule has 0 spiro atoms. The van der Waals surface area contributed by atoms with Crippen molar-refractivity contribution in [3.63, 3.8) is 0 Å². The average molecular weight is 310 g/mol. The molecular weight excluding hydrogens is 296 g/mol. The van der Waals surface area contributed by atoms with Gasteiger partial charge in [0.2, 0.25) is 0 Å². The summed E-state index contributed by atoms with van der Waals surface area (Å²) < 4.78 is 14.3. The van der Waals surface area contributed by atoms with Crippen molar-refractivity contribution in [2.75, 3.05) is 0 Å². The van der Waals surface area contributed by atoms with Gasteiger partial charge in [-0.2, -0.15) is 0 Å². The largest absolute Gasteiger partial charge is 0.310 e. The van der Waals surface area contributed by atoms with Gasteiger partial charge in [-0.05, 0) is 42.7 Å². The predicted molar refractivity (Wildman–Crippen MR) is 81.7 cm³/mol. The zero-order valence-electron chi connectivity index (χ0n) is 10.8. The minimum Gasteiger partial charge on any atom is -0.310 e. The van der Waals surface area contributed by atoms with E-state index in [2.05, 4.69) is 5.32 Å². The van der Waals surface area contributed by atoms with Crippen LogP contribution in [0.3, 0.4) is 0 Å². The molecule has 0 amide bonds. The highest BCUT2D eigenvalue weighted by Gasteiger charge is 2.20. The van der Waals surface area contributed by atoms with Gasteiger partial charge in [-0.25, -0.2) is 4.39 Å². The summed E-state index contributed by atoms with van der Waals surface area (Å²) in [4.78, 5) is 0. The average Bonchev–Trinajstić information content (AvgIpc) is 3.24. The van der Waals surface area contributed by atoms with Gasteiger partial charge < -0.3 is 5.32 Å². The fourth-order valence-corrected chi connectivity index (χ4v) is 2.53. The van der Waals surface area contributed by atoms with E-state index < -0.39 is 0 Å². The molecule has 0 aliphatic heterocycles. The van der Waals surface area contributed by atoms with Gasteiger partial charge in [0, 0.05) is 33.8 Å². The molecular formula is C16H14Cl2FN. The molecule has 2 aromatic rings. The molecule has 104 valence electrons. The third-order valence-corrected chi connectivity index (χ3v) is 3.99. The van der Waals surface area contributed by atoms with Crippen molar-refractivity contribution in [3.8, 4) is 11.1 Å². The van der Waals surface area contributed by atoms with Crippen LogP contribution in [0.15, 0.2) is 36.4 Å². The molecule has 0 radical (unpaired) electrons. The summed E-state index contributed by atoms with van der Waals surface area (Å²) in [5.74, 6) is -0.274. The molecule has 1 nitrogen and oxygen atoms in total. The molecule has 0 aromatic heterocycles. The first-order valence-electron chi connectivity index (χ1n) is 6.61. The van der Waals surface area contributed by atoms with Crippen molar-refractivity contribution in [3.05, 3.63) is 57.8 Å². The Morgan fingerprint density at radius 2 is 1.85 bits per heavy atom. The Hall–Kier alpha value is -1.09. The molecule has 1 aliphatic rings. The molecule has 1 N–H and O–H groups in total. The lowest BCUT2D eigenvalue weighted by Gasteiger charge is -2.09. The van der Waals surface area contributed by atoms with E-state index in [4.69, 9.17) is 23.2 Å². The van der Waals surface area contributed by atoms with Gasteiger partial charge in [-0.1, -0.05) is 35.3 Å². The van der Waals surface area contributed by atoms with Crippen molar-refractivity contribution < 1.29 is 4.39 Å². The third kappa shape index (κ3) is 3.14. The first-order valence-corrected chi connectivity index (χ1v) is 7.36. The Morgan fingerprint density at radius 1 is 1.05 bits per heavy atom. The Bertz CT molecular complexity index is 638. The van der Waals surface area contributed by atoms with E-state index in [0.717, 1.165) is 5.56 Å². The van der Waals surface area contributed by atoms with Crippen LogP contribution in [0.4, 0.5) is 4.39 Å². The molecule has 1 saturated carbocycles. The fraction of sp³-hybridized carbons (Fsp3) is 0.250. The zero-order valence-corrected chi connectivity index (χ0v) is 12.3. The number of halogens is 3. The third-order valence-electron chi connectivity index (χ3n) is 3.42. The van der Waals surface area contributed by atoms with E-state index >= 15 is 0 Å². The minimum absolute atomic E-state index is 0.274. The van der Waals surface area contributed by atoms with Crippen LogP contribution >= 0.6 is 23.2 Å². The quantitative estimate of drug-likeness (QED) is 0.833. The second kappa shape index (κ2) is 5.72. The molecule has 4 heteroatoms. The SMILES string of the molecule is Fc1cc(CNC2CC2)ccc1-c1cc(Cl)ccc1Cl. The first kappa shape index (κ1) is 13.9. The number of nitrogens with one attached hydrogen (secondary N) is 1. The highest BCUT2D eigenvalue weighted by Crippen LogP contribution is 2.32. The lowest BCUT2D eigenvalue weighted by molar-refractivity contribution is 0.623. The zero-order chi connectivity index (χ0) is 14.1. The second-order valence-corrected chi connectivity index (χ2v) is 5.94. The van der Waals surface area contributed by atoms with Gasteiger partial charge in [0.15, 0.2) is 0 Å². The summed E-state index contributed by atoms with van der Waals surface area (Å²) in [6, 6.07) is 10.9. The van der Waals surface area contributed by atoms with Crippen LogP contribution in [0.2, 0.25) is 10.0 Å². The molecule has 3 rings (SSSR count). The number of hydrogen-bond acceptors (Lipinski definition) is 1. The predicted octanol–water partition coefficient (Wildman–Crippen LogP) is 5.05. The van der Waals surface area contributed by atoms with Crippen LogP contribution in [0.5, 0.6) is 0 Å². The summed E-state index contributed by atoms with van der Waals surface area (Å²) >= 11 is 12.1. The Kier molecular flexibility index (Phi) is 3.97. The molecule has 20 heavy (non-hydrogen) atoms. The standard InChI is InChI=1S/C16H14Cl2FN/c17-11-2-6-15(18)14(8-11)13-5-1-10(7-16(13)19)9-20-12-3-4-12/h1-2,5-8,12,20H,3-4,9H2. The summed E-state index contributed by atoms with van der Waals surface area (Å²) in [6.07, 6.45) is 2.44. The molecule has 0 bridgehead atoms. The van der Waals surface area contributed by atoms with E-state index in [-0.39, 0.29) is 5.82 Å². The van der Waals surface area contributed by atoms with Crippen LogP contribution in [0.25, 0.3) is 11.1 Å². The smallest absolute Gasteiger partial charge is 0.131 e. The van der Waals surface area contributed by atoms with Crippen molar-refractivity contribution in [1.82, 2.24) is 5.32 Å². The maximum atomic E-state index is 14.3. The van der Waals surface area contributed by atoms with Crippen LogP contribution < -0.4 is 5.32 Å². The highest BCUT2D eigenvalue weighted by atomic mass is 35.5. The molecule has 1 fully saturated rings. The Labute approximate surface area is 127 Å². The topological polar surface area (TPSA) is 12.0 Å². The molecule has 1 aliphatic carbocycles. The van der Waals surface area contributed by atoms with Gasteiger partial charge in [0.1, 0.15) is 5.82 Å². The number of hydrogen-bond donors (Lipinski definition) is 1. The van der Waals surface area contributed by atoms with Gasteiger partial charge in [-0.3, -0.25) is 0 Å². The van der Waals surface area contributed by atoms with Gasteiger partial charge in [0.05, 0.1) is 0 Å². The van der Waals surface area contributed by atoms with E-state index in [1.807, 2.05) is 6.07 Å². The van der Waals surface area contributed by atoms with Crippen LogP contribution in [-0.4, -0.2) is 6.04 Å². The Morgan fingerprint density at radius 3 is 2.55 bits per heavy atom. The summed E-state index contributed by atoms with van der Waals surface area (Å²) in [5.41, 5.74) is 2.04. The maximum absolute atomic E-state index is 14.3. The van der Waals surface area contributed by atoms with E-state index in [0.29, 0.717) is 33.8 Å².